The van der Waals surface area contributed by atoms with Gasteiger partial charge in [0.15, 0.2) is 24.0 Å². The molecule has 16 heteroatoms. The molecule has 3 aromatic rings. The van der Waals surface area contributed by atoms with Gasteiger partial charge in [-0.15, -0.1) is 0 Å². The van der Waals surface area contributed by atoms with Crippen LogP contribution in [-0.4, -0.2) is 90.3 Å². The zero-order valence-electron chi connectivity index (χ0n) is 24.8. The molecule has 0 spiro atoms. The zero-order valence-corrected chi connectivity index (χ0v) is 24.8. The number of rotatable bonds is 6. The number of hydrogen-bond acceptors (Lipinski definition) is 13. The summed E-state index contributed by atoms with van der Waals surface area (Å²) in [5.41, 5.74) is 0.529. The summed E-state index contributed by atoms with van der Waals surface area (Å²) in [6.07, 6.45) is -8.16. The highest BCUT2D eigenvalue weighted by atomic mass is 19.1. The maximum Gasteiger partial charge on any atom is 0.355 e. The quantitative estimate of drug-likeness (QED) is 0.171. The molecule has 6 atom stereocenters. The number of aliphatic carboxylic acids is 1. The molecule has 1 saturated heterocycles. The van der Waals surface area contributed by atoms with Crippen molar-refractivity contribution in [2.75, 3.05) is 6.61 Å². The van der Waals surface area contributed by atoms with E-state index in [0.717, 1.165) is 17.2 Å². The summed E-state index contributed by atoms with van der Waals surface area (Å²) in [5, 5.41) is 50.4. The van der Waals surface area contributed by atoms with E-state index in [1.54, 1.807) is 0 Å². The number of aliphatic hydroxyl groups excluding tert-OH is 3. The van der Waals surface area contributed by atoms with Gasteiger partial charge in [0.25, 0.3) is 5.56 Å². The van der Waals surface area contributed by atoms with Crippen LogP contribution in [0.5, 0.6) is 5.75 Å². The van der Waals surface area contributed by atoms with Crippen molar-refractivity contribution < 1.29 is 63.3 Å². The minimum Gasteiger partial charge on any atom is -0.505 e. The Labute approximate surface area is 263 Å². The highest BCUT2D eigenvalue weighted by Gasteiger charge is 2.51. The standard InChI is InChI=1S/C31H29FN2O13/c1-2-31(47-19(35)10-44-29-25(39)23(37)24(38)26(46-29)28(41)42)15-6-18-21-13(8-34(18)27(40)14(15)9-45-30(31)43)11-4-3-5-12-20(11)17(33-21)7-16(32)22(12)36/h6-7,23-26,29,36-39H,2-5,8-10H2,1H3,(H,41,42)/t23-,24-,25+,26-,29?,31-/m0/s1. The number of aromatic hydroxyl groups is 1. The molecule has 15 nitrogen and oxygen atoms in total. The highest BCUT2D eigenvalue weighted by molar-refractivity contribution is 5.93. The van der Waals surface area contributed by atoms with Crippen LogP contribution in [0.25, 0.3) is 22.3 Å². The summed E-state index contributed by atoms with van der Waals surface area (Å²) in [5.74, 6) is -5.03. The van der Waals surface area contributed by atoms with Crippen molar-refractivity contribution in [1.82, 2.24) is 9.55 Å². The Hall–Kier alpha value is -4.48. The van der Waals surface area contributed by atoms with E-state index in [1.807, 2.05) is 0 Å². The maximum absolute atomic E-state index is 14.7. The number of phenolic OH excluding ortho intramolecular Hbond substituents is 1. The summed E-state index contributed by atoms with van der Waals surface area (Å²) in [4.78, 5) is 56.4. The number of aliphatic hydroxyl groups is 3. The molecule has 1 unspecified atom stereocenters. The third-order valence-electron chi connectivity index (χ3n) is 9.41. The van der Waals surface area contributed by atoms with Crippen molar-refractivity contribution in [3.8, 4) is 17.1 Å². The third-order valence-corrected chi connectivity index (χ3v) is 9.41. The van der Waals surface area contributed by atoms with Crippen molar-refractivity contribution in [3.05, 3.63) is 56.1 Å². The molecule has 4 aliphatic rings. The van der Waals surface area contributed by atoms with Crippen LogP contribution < -0.4 is 5.56 Å². The van der Waals surface area contributed by atoms with Gasteiger partial charge in [0.2, 0.25) is 5.60 Å². The minimum atomic E-state index is -2.12. The van der Waals surface area contributed by atoms with Gasteiger partial charge in [-0.1, -0.05) is 6.92 Å². The molecular formula is C31H29FN2O13. The molecule has 1 fully saturated rings. The number of aryl methyl sites for hydroxylation is 2. The van der Waals surface area contributed by atoms with Gasteiger partial charge in [0.05, 0.1) is 29.0 Å². The molecule has 47 heavy (non-hydrogen) atoms. The summed E-state index contributed by atoms with van der Waals surface area (Å²) in [7, 11) is 0. The molecule has 0 amide bonds. The van der Waals surface area contributed by atoms with Crippen LogP contribution >= 0.6 is 0 Å². The average Bonchev–Trinajstić information content (AvgIpc) is 3.42. The first kappa shape index (κ1) is 31.1. The van der Waals surface area contributed by atoms with Gasteiger partial charge < -0.3 is 49.0 Å². The number of carbonyl (C=O) groups is 3. The van der Waals surface area contributed by atoms with Gasteiger partial charge in [0.1, 0.15) is 31.5 Å². The highest BCUT2D eigenvalue weighted by Crippen LogP contribution is 2.45. The number of halogens is 1. The number of pyridine rings is 2. The lowest BCUT2D eigenvalue weighted by Gasteiger charge is -2.38. The van der Waals surface area contributed by atoms with Gasteiger partial charge in [-0.2, -0.15) is 0 Å². The fraction of sp³-hybridized carbons (Fsp3) is 0.452. The van der Waals surface area contributed by atoms with Gasteiger partial charge in [0, 0.05) is 28.1 Å². The first-order chi connectivity index (χ1) is 22.4. The lowest BCUT2D eigenvalue weighted by molar-refractivity contribution is -0.294. The Morgan fingerprint density at radius 2 is 1.83 bits per heavy atom. The van der Waals surface area contributed by atoms with Crippen LogP contribution in [0.3, 0.4) is 0 Å². The van der Waals surface area contributed by atoms with Crippen LogP contribution in [0.4, 0.5) is 4.39 Å². The van der Waals surface area contributed by atoms with Crippen molar-refractivity contribution in [2.24, 2.45) is 0 Å². The molecule has 0 saturated carbocycles. The Bertz CT molecular complexity index is 1940. The number of fused-ring (bicyclic) bond motifs is 5. The van der Waals surface area contributed by atoms with Crippen molar-refractivity contribution in [2.45, 2.75) is 82.1 Å². The molecule has 5 N–H and O–H groups in total. The van der Waals surface area contributed by atoms with Gasteiger partial charge in [-0.05, 0) is 37.3 Å². The average molecular weight is 657 g/mol. The van der Waals surface area contributed by atoms with Gasteiger partial charge >= 0.3 is 17.9 Å². The van der Waals surface area contributed by atoms with Gasteiger partial charge in [-0.25, -0.2) is 23.8 Å². The number of hydrogen-bond donors (Lipinski definition) is 5. The number of benzene rings is 1. The fourth-order valence-electron chi connectivity index (χ4n) is 7.06. The molecule has 1 aliphatic carbocycles. The van der Waals surface area contributed by atoms with E-state index < -0.39 is 84.6 Å². The van der Waals surface area contributed by atoms with Crippen molar-refractivity contribution in [1.29, 1.82) is 0 Å². The summed E-state index contributed by atoms with van der Waals surface area (Å²) < 4.78 is 37.3. The second-order valence-corrected chi connectivity index (χ2v) is 11.9. The van der Waals surface area contributed by atoms with Crippen LogP contribution in [0.2, 0.25) is 0 Å². The molecule has 7 rings (SSSR count). The maximum atomic E-state index is 14.7. The molecule has 3 aliphatic heterocycles. The van der Waals surface area contributed by atoms with E-state index >= 15 is 0 Å². The number of carbonyl (C=O) groups excluding carboxylic acids is 2. The first-order valence-electron chi connectivity index (χ1n) is 14.9. The molecule has 5 heterocycles. The number of ether oxygens (including phenoxy) is 4. The molecule has 248 valence electrons. The number of carboxylic acids is 1. The topological polar surface area (TPSA) is 224 Å². The van der Waals surface area contributed by atoms with E-state index in [2.05, 4.69) is 0 Å². The number of carboxylic acid groups (broad SMARTS) is 1. The minimum absolute atomic E-state index is 0.0558. The smallest absolute Gasteiger partial charge is 0.355 e. The number of phenols is 1. The first-order valence-corrected chi connectivity index (χ1v) is 14.9. The largest absolute Gasteiger partial charge is 0.505 e. The SMILES string of the molecule is CC[C@@]1(OC(=O)COC2O[C@H](C(=O)O)[C@@H](O)[C@H](O)[C@H]2O)C(=O)OCc2c1cc1n(c2=O)Cc2c-1nc1cc(F)c(O)c3c1c2CCC3. The number of esters is 2. The second-order valence-electron chi connectivity index (χ2n) is 11.9. The second kappa shape index (κ2) is 11.1. The molecule has 1 aromatic carbocycles. The van der Waals surface area contributed by atoms with E-state index in [0.29, 0.717) is 47.1 Å². The third kappa shape index (κ3) is 4.54. The Morgan fingerprint density at radius 3 is 2.55 bits per heavy atom. The summed E-state index contributed by atoms with van der Waals surface area (Å²) in [6, 6.07) is 2.67. The zero-order chi connectivity index (χ0) is 33.5. The van der Waals surface area contributed by atoms with E-state index in [4.69, 9.17) is 23.9 Å². The lowest BCUT2D eigenvalue weighted by Crippen LogP contribution is -2.60. The molecule has 2 aromatic heterocycles. The monoisotopic (exact) mass is 656 g/mol. The van der Waals surface area contributed by atoms with Crippen LogP contribution in [0.15, 0.2) is 16.9 Å². The van der Waals surface area contributed by atoms with E-state index in [-0.39, 0.29) is 24.1 Å². The molecule has 0 radical (unpaired) electrons. The lowest BCUT2D eigenvalue weighted by atomic mass is 9.85. The van der Waals surface area contributed by atoms with Crippen molar-refractivity contribution in [3.63, 3.8) is 0 Å². The number of nitrogens with zero attached hydrogens (tertiary/aromatic N) is 2. The van der Waals surface area contributed by atoms with Gasteiger partial charge in [-0.3, -0.25) is 4.79 Å². The van der Waals surface area contributed by atoms with E-state index in [1.165, 1.54) is 17.6 Å². The van der Waals surface area contributed by atoms with Crippen molar-refractivity contribution >= 4 is 28.8 Å². The summed E-state index contributed by atoms with van der Waals surface area (Å²) in [6.45, 7) is 0.267. The van der Waals surface area contributed by atoms with Crippen LogP contribution in [0.1, 0.15) is 47.6 Å². The predicted octanol–water partition coefficient (Wildman–Crippen LogP) is -0.127. The number of aromatic nitrogens is 2. The van der Waals surface area contributed by atoms with Crippen LogP contribution in [-0.2, 0) is 64.9 Å². The Morgan fingerprint density at radius 1 is 1.09 bits per heavy atom. The summed E-state index contributed by atoms with van der Waals surface area (Å²) >= 11 is 0. The fourth-order valence-corrected chi connectivity index (χ4v) is 7.06. The molecule has 0 bridgehead atoms. The Kier molecular flexibility index (Phi) is 7.32. The van der Waals surface area contributed by atoms with E-state index in [9.17, 15) is 49.1 Å². The Balaban J connectivity index is 1.24. The van der Waals surface area contributed by atoms with Crippen LogP contribution in [0, 0.1) is 5.82 Å². The predicted molar refractivity (Wildman–Crippen MR) is 152 cm³/mol. The number of cyclic esters (lactones) is 1. The normalized spacial score (nSPS) is 27.5. The molecular weight excluding hydrogens is 627 g/mol.